The van der Waals surface area contributed by atoms with E-state index in [0.717, 1.165) is 11.1 Å². The van der Waals surface area contributed by atoms with Gasteiger partial charge in [0.15, 0.2) is 6.61 Å². The first-order valence-electron chi connectivity index (χ1n) is 6.51. The summed E-state index contributed by atoms with van der Waals surface area (Å²) in [5.74, 6) is 0.233. The molecule has 1 amide bonds. The third-order valence-electron chi connectivity index (χ3n) is 2.77. The first-order valence-corrected chi connectivity index (χ1v) is 7.26. The Morgan fingerprint density at radius 1 is 1.23 bits per heavy atom. The number of nitrogens with one attached hydrogen (secondary N) is 1. The van der Waals surface area contributed by atoms with Crippen molar-refractivity contribution in [3.8, 4) is 5.75 Å². The lowest BCUT2D eigenvalue weighted by atomic mass is 10.2. The number of hydrogen-bond acceptors (Lipinski definition) is 3. The van der Waals surface area contributed by atoms with E-state index in [1.54, 1.807) is 42.5 Å². The van der Waals surface area contributed by atoms with Crippen molar-refractivity contribution in [3.63, 3.8) is 0 Å². The molecule has 0 unspecified atom stereocenters. The lowest BCUT2D eigenvalue weighted by Crippen LogP contribution is -2.24. The van der Waals surface area contributed by atoms with E-state index in [1.807, 2.05) is 6.92 Å². The predicted octanol–water partition coefficient (Wildman–Crippen LogP) is 3.83. The van der Waals surface area contributed by atoms with Gasteiger partial charge in [-0.05, 0) is 48.4 Å². The molecule has 0 aliphatic heterocycles. The molecule has 0 bridgehead atoms. The number of hydrazone groups is 1. The maximum absolute atomic E-state index is 11.6. The third-order valence-corrected chi connectivity index (χ3v) is 3.45. The van der Waals surface area contributed by atoms with Crippen LogP contribution in [0, 0.1) is 6.92 Å². The second kappa shape index (κ2) is 7.82. The van der Waals surface area contributed by atoms with Gasteiger partial charge in [0, 0.05) is 10.0 Å². The molecule has 0 spiro atoms. The summed E-state index contributed by atoms with van der Waals surface area (Å²) in [7, 11) is 0. The Balaban J connectivity index is 1.80. The van der Waals surface area contributed by atoms with Gasteiger partial charge in [0.05, 0.1) is 6.21 Å². The average molecular weight is 337 g/mol. The standard InChI is InChI=1S/C16H14Cl2N2O2/c1-11-8-14(6-7-15(11)18)22-10-16(21)20-19-9-12-2-4-13(17)5-3-12/h2-9H,10H2,1H3,(H,20,21). The second-order valence-corrected chi connectivity index (χ2v) is 5.39. The van der Waals surface area contributed by atoms with Gasteiger partial charge in [-0.3, -0.25) is 4.79 Å². The van der Waals surface area contributed by atoms with E-state index in [0.29, 0.717) is 15.8 Å². The largest absolute Gasteiger partial charge is 0.484 e. The molecule has 0 fully saturated rings. The molecule has 1 N–H and O–H groups in total. The maximum Gasteiger partial charge on any atom is 0.277 e. The highest BCUT2D eigenvalue weighted by Crippen LogP contribution is 2.20. The van der Waals surface area contributed by atoms with Gasteiger partial charge < -0.3 is 4.74 Å². The third kappa shape index (κ3) is 5.06. The number of rotatable bonds is 5. The molecule has 2 aromatic carbocycles. The van der Waals surface area contributed by atoms with Crippen LogP contribution < -0.4 is 10.2 Å². The van der Waals surface area contributed by atoms with Crippen LogP contribution in [0.2, 0.25) is 10.0 Å². The highest BCUT2D eigenvalue weighted by atomic mass is 35.5. The normalized spacial score (nSPS) is 10.7. The minimum Gasteiger partial charge on any atom is -0.484 e. The fourth-order valence-corrected chi connectivity index (χ4v) is 1.86. The summed E-state index contributed by atoms with van der Waals surface area (Å²) in [6.07, 6.45) is 1.53. The Morgan fingerprint density at radius 3 is 2.64 bits per heavy atom. The smallest absolute Gasteiger partial charge is 0.277 e. The highest BCUT2D eigenvalue weighted by Gasteiger charge is 2.03. The summed E-state index contributed by atoms with van der Waals surface area (Å²) in [6, 6.07) is 12.3. The Morgan fingerprint density at radius 2 is 1.95 bits per heavy atom. The monoisotopic (exact) mass is 336 g/mol. The average Bonchev–Trinajstić information content (AvgIpc) is 2.50. The van der Waals surface area contributed by atoms with Crippen LogP contribution in [0.4, 0.5) is 0 Å². The number of carbonyl (C=O) groups excluding carboxylic acids is 1. The predicted molar refractivity (Wildman–Crippen MR) is 88.9 cm³/mol. The fraction of sp³-hybridized carbons (Fsp3) is 0.125. The number of carbonyl (C=O) groups is 1. The van der Waals surface area contributed by atoms with E-state index < -0.39 is 0 Å². The molecule has 0 aliphatic carbocycles. The summed E-state index contributed by atoms with van der Waals surface area (Å²) in [6.45, 7) is 1.74. The topological polar surface area (TPSA) is 50.7 Å². The number of halogens is 2. The van der Waals surface area contributed by atoms with Gasteiger partial charge in [-0.2, -0.15) is 5.10 Å². The van der Waals surface area contributed by atoms with Crippen LogP contribution in [0.25, 0.3) is 0 Å². The molecule has 0 atom stereocenters. The fourth-order valence-electron chi connectivity index (χ4n) is 1.62. The first-order chi connectivity index (χ1) is 10.5. The quantitative estimate of drug-likeness (QED) is 0.666. The summed E-state index contributed by atoms with van der Waals surface area (Å²) in [5.41, 5.74) is 4.11. The van der Waals surface area contributed by atoms with E-state index in [-0.39, 0.29) is 12.5 Å². The van der Waals surface area contributed by atoms with E-state index in [9.17, 15) is 4.79 Å². The number of amides is 1. The van der Waals surface area contributed by atoms with Gasteiger partial charge in [-0.1, -0.05) is 35.3 Å². The summed E-state index contributed by atoms with van der Waals surface area (Å²) in [4.78, 5) is 11.6. The lowest BCUT2D eigenvalue weighted by molar-refractivity contribution is -0.123. The Labute approximate surface area is 138 Å². The van der Waals surface area contributed by atoms with Gasteiger partial charge in [0.2, 0.25) is 0 Å². The number of ether oxygens (including phenoxy) is 1. The number of benzene rings is 2. The number of nitrogens with zero attached hydrogens (tertiary/aromatic N) is 1. The zero-order valence-electron chi connectivity index (χ0n) is 11.8. The minimum atomic E-state index is -0.349. The number of hydrogen-bond donors (Lipinski definition) is 1. The van der Waals surface area contributed by atoms with E-state index >= 15 is 0 Å². The first kappa shape index (κ1) is 16.3. The van der Waals surface area contributed by atoms with Crippen molar-refractivity contribution in [1.82, 2.24) is 5.43 Å². The van der Waals surface area contributed by atoms with Crippen molar-refractivity contribution in [2.45, 2.75) is 6.92 Å². The second-order valence-electron chi connectivity index (χ2n) is 4.54. The maximum atomic E-state index is 11.6. The van der Waals surface area contributed by atoms with Gasteiger partial charge in [-0.15, -0.1) is 0 Å². The van der Waals surface area contributed by atoms with Crippen molar-refractivity contribution in [2.24, 2.45) is 5.10 Å². The van der Waals surface area contributed by atoms with Crippen molar-refractivity contribution in [3.05, 3.63) is 63.6 Å². The SMILES string of the molecule is Cc1cc(OCC(=O)NN=Cc2ccc(Cl)cc2)ccc1Cl. The molecule has 0 heterocycles. The number of aryl methyl sites for hydroxylation is 1. The van der Waals surface area contributed by atoms with Crippen LogP contribution in [0.3, 0.4) is 0 Å². The van der Waals surface area contributed by atoms with Crippen LogP contribution in [0.1, 0.15) is 11.1 Å². The summed E-state index contributed by atoms with van der Waals surface area (Å²) < 4.78 is 5.36. The van der Waals surface area contributed by atoms with Crippen molar-refractivity contribution >= 4 is 35.3 Å². The highest BCUT2D eigenvalue weighted by molar-refractivity contribution is 6.31. The van der Waals surface area contributed by atoms with Crippen molar-refractivity contribution in [1.29, 1.82) is 0 Å². The Kier molecular flexibility index (Phi) is 5.81. The van der Waals surface area contributed by atoms with E-state index in [4.69, 9.17) is 27.9 Å². The Hall–Kier alpha value is -2.04. The molecule has 0 saturated heterocycles. The zero-order chi connectivity index (χ0) is 15.9. The van der Waals surface area contributed by atoms with E-state index in [1.165, 1.54) is 6.21 Å². The molecule has 4 nitrogen and oxygen atoms in total. The molecule has 0 aromatic heterocycles. The molecular formula is C16H14Cl2N2O2. The molecule has 2 rings (SSSR count). The van der Waals surface area contributed by atoms with Crippen molar-refractivity contribution in [2.75, 3.05) is 6.61 Å². The molecule has 114 valence electrons. The lowest BCUT2D eigenvalue weighted by Gasteiger charge is -2.06. The van der Waals surface area contributed by atoms with Gasteiger partial charge >= 0.3 is 0 Å². The van der Waals surface area contributed by atoms with Gasteiger partial charge in [0.25, 0.3) is 5.91 Å². The van der Waals surface area contributed by atoms with Crippen LogP contribution in [0.15, 0.2) is 47.6 Å². The molecule has 0 radical (unpaired) electrons. The summed E-state index contributed by atoms with van der Waals surface area (Å²) in [5, 5.41) is 5.15. The van der Waals surface area contributed by atoms with Crippen molar-refractivity contribution < 1.29 is 9.53 Å². The van der Waals surface area contributed by atoms with Crippen LogP contribution in [-0.4, -0.2) is 18.7 Å². The van der Waals surface area contributed by atoms with E-state index in [2.05, 4.69) is 10.5 Å². The molecule has 0 aliphatic rings. The molecule has 0 saturated carbocycles. The molecular weight excluding hydrogens is 323 g/mol. The minimum absolute atomic E-state index is 0.126. The van der Waals surface area contributed by atoms with Gasteiger partial charge in [0.1, 0.15) is 5.75 Å². The molecule has 6 heteroatoms. The summed E-state index contributed by atoms with van der Waals surface area (Å²) >= 11 is 11.7. The molecule has 2 aromatic rings. The zero-order valence-corrected chi connectivity index (χ0v) is 13.4. The van der Waals surface area contributed by atoms with Crippen LogP contribution >= 0.6 is 23.2 Å². The molecule has 22 heavy (non-hydrogen) atoms. The Bertz CT molecular complexity index is 685. The van der Waals surface area contributed by atoms with Crippen LogP contribution in [0.5, 0.6) is 5.75 Å². The van der Waals surface area contributed by atoms with Gasteiger partial charge in [-0.25, -0.2) is 5.43 Å². The van der Waals surface area contributed by atoms with Crippen LogP contribution in [-0.2, 0) is 4.79 Å².